The predicted molar refractivity (Wildman–Crippen MR) is 126 cm³/mol. The summed E-state index contributed by atoms with van der Waals surface area (Å²) in [6.07, 6.45) is 1.79. The highest BCUT2D eigenvalue weighted by molar-refractivity contribution is 5.82. The molecule has 0 aliphatic carbocycles. The number of aromatic amines is 1. The van der Waals surface area contributed by atoms with Crippen LogP contribution in [0.1, 0.15) is 55.7 Å². The van der Waals surface area contributed by atoms with Crippen LogP contribution in [0.5, 0.6) is 0 Å². The first-order valence-electron chi connectivity index (χ1n) is 11.2. The van der Waals surface area contributed by atoms with Crippen molar-refractivity contribution in [1.82, 2.24) is 25.2 Å². The molecule has 3 heterocycles. The molecule has 4 aromatic rings. The first kappa shape index (κ1) is 20.4. The van der Waals surface area contributed by atoms with E-state index in [1.165, 1.54) is 5.56 Å². The van der Waals surface area contributed by atoms with Gasteiger partial charge >= 0.3 is 0 Å². The van der Waals surface area contributed by atoms with Crippen LogP contribution in [0.25, 0.3) is 10.9 Å². The maximum Gasteiger partial charge on any atom is 0.254 e. The van der Waals surface area contributed by atoms with Crippen LogP contribution in [0, 0.1) is 6.92 Å². The minimum atomic E-state index is -0.395. The largest absolute Gasteiger partial charge is 0.357 e. The topological polar surface area (TPSA) is 79.7 Å². The minimum absolute atomic E-state index is 0.106. The lowest BCUT2D eigenvalue weighted by atomic mass is 9.99. The Hall–Kier alpha value is -3.48. The average molecular weight is 429 g/mol. The van der Waals surface area contributed by atoms with Gasteiger partial charge in [-0.15, -0.1) is 5.10 Å². The number of hydrogen-bond donors (Lipinski definition) is 1. The highest BCUT2D eigenvalue weighted by Crippen LogP contribution is 2.38. The molecular weight excluding hydrogens is 400 g/mol. The second kappa shape index (κ2) is 7.58. The summed E-state index contributed by atoms with van der Waals surface area (Å²) in [6.45, 7) is 9.17. The third-order valence-corrected chi connectivity index (χ3v) is 6.82. The molecule has 0 fully saturated rings. The third kappa shape index (κ3) is 3.20. The van der Waals surface area contributed by atoms with E-state index in [0.717, 1.165) is 41.5 Å². The van der Waals surface area contributed by atoms with Crippen LogP contribution < -0.4 is 10.5 Å². The molecule has 2 aromatic heterocycles. The number of rotatable bonds is 5. The fourth-order valence-corrected chi connectivity index (χ4v) is 4.63. The van der Waals surface area contributed by atoms with Crippen molar-refractivity contribution in [3.63, 3.8) is 0 Å². The van der Waals surface area contributed by atoms with Crippen molar-refractivity contribution < 1.29 is 0 Å². The van der Waals surface area contributed by atoms with E-state index in [1.807, 2.05) is 41.9 Å². The molecule has 0 saturated carbocycles. The Morgan fingerprint density at radius 1 is 1.16 bits per heavy atom. The van der Waals surface area contributed by atoms with Gasteiger partial charge in [0.05, 0.1) is 11.1 Å². The van der Waals surface area contributed by atoms with E-state index in [0.29, 0.717) is 11.4 Å². The normalized spacial score (nSPS) is 14.7. The van der Waals surface area contributed by atoms with E-state index in [1.54, 1.807) is 0 Å². The van der Waals surface area contributed by atoms with E-state index in [-0.39, 0.29) is 11.1 Å². The zero-order chi connectivity index (χ0) is 22.5. The molecule has 0 amide bonds. The summed E-state index contributed by atoms with van der Waals surface area (Å²) in [6, 6.07) is 16.1. The fourth-order valence-electron chi connectivity index (χ4n) is 4.63. The number of para-hydroxylation sites is 2. The van der Waals surface area contributed by atoms with Crippen LogP contribution in [0.15, 0.2) is 53.3 Å². The molecule has 32 heavy (non-hydrogen) atoms. The Bertz CT molecular complexity index is 1350. The zero-order valence-electron chi connectivity index (χ0n) is 19.0. The fraction of sp³-hybridized carbons (Fsp3) is 0.360. The van der Waals surface area contributed by atoms with Gasteiger partial charge in [-0.2, -0.15) is 0 Å². The number of H-pyrrole nitrogens is 1. The van der Waals surface area contributed by atoms with Crippen LogP contribution in [0.4, 0.5) is 5.69 Å². The minimum Gasteiger partial charge on any atom is -0.357 e. The van der Waals surface area contributed by atoms with Gasteiger partial charge in [-0.05, 0) is 72.7 Å². The van der Waals surface area contributed by atoms with Gasteiger partial charge in [-0.25, -0.2) is 4.68 Å². The Labute approximate surface area is 187 Å². The lowest BCUT2D eigenvalue weighted by Crippen LogP contribution is -2.37. The summed E-state index contributed by atoms with van der Waals surface area (Å²) in [5.74, 6) is 0.686. The van der Waals surface area contributed by atoms with Gasteiger partial charge < -0.3 is 9.88 Å². The smallest absolute Gasteiger partial charge is 0.254 e. The van der Waals surface area contributed by atoms with Crippen molar-refractivity contribution in [3.05, 3.63) is 81.4 Å². The molecule has 0 unspecified atom stereocenters. The second-order valence-corrected chi connectivity index (χ2v) is 9.18. The Kier molecular flexibility index (Phi) is 4.84. The van der Waals surface area contributed by atoms with Crippen molar-refractivity contribution in [3.8, 4) is 0 Å². The van der Waals surface area contributed by atoms with Crippen LogP contribution >= 0.6 is 0 Å². The third-order valence-electron chi connectivity index (χ3n) is 6.82. The monoisotopic (exact) mass is 428 g/mol. The number of benzene rings is 2. The molecule has 0 bridgehead atoms. The summed E-state index contributed by atoms with van der Waals surface area (Å²) >= 11 is 0. The SMILES string of the molecule is CCC(C)(C)n1nnnc1[C@@H](c1cc2cccc(C)c2[nH]c1=O)N1CCc2ccccc21. The van der Waals surface area contributed by atoms with Crippen LogP contribution in [0.2, 0.25) is 0 Å². The maximum absolute atomic E-state index is 13.5. The van der Waals surface area contributed by atoms with Crippen molar-refractivity contribution in [1.29, 1.82) is 0 Å². The number of tetrazole rings is 1. The molecule has 1 aliphatic rings. The number of nitrogens with zero attached hydrogens (tertiary/aromatic N) is 5. The molecule has 2 aromatic carbocycles. The second-order valence-electron chi connectivity index (χ2n) is 9.18. The lowest BCUT2D eigenvalue weighted by Gasteiger charge is -2.32. The molecule has 1 N–H and O–H groups in total. The summed E-state index contributed by atoms with van der Waals surface area (Å²) in [4.78, 5) is 18.9. The van der Waals surface area contributed by atoms with Crippen molar-refractivity contribution >= 4 is 16.6 Å². The molecular formula is C25H28N6O. The van der Waals surface area contributed by atoms with Crippen LogP contribution in [-0.2, 0) is 12.0 Å². The summed E-state index contributed by atoms with van der Waals surface area (Å²) in [5, 5.41) is 13.9. The number of aryl methyl sites for hydroxylation is 1. The highest BCUT2D eigenvalue weighted by atomic mass is 16.1. The van der Waals surface area contributed by atoms with Crippen molar-refractivity contribution in [2.24, 2.45) is 0 Å². The molecule has 7 nitrogen and oxygen atoms in total. The Morgan fingerprint density at radius 2 is 1.97 bits per heavy atom. The number of aromatic nitrogens is 5. The summed E-state index contributed by atoms with van der Waals surface area (Å²) < 4.78 is 1.89. The van der Waals surface area contributed by atoms with Crippen LogP contribution in [-0.4, -0.2) is 31.7 Å². The van der Waals surface area contributed by atoms with Crippen molar-refractivity contribution in [2.45, 2.75) is 52.1 Å². The van der Waals surface area contributed by atoms with Gasteiger partial charge in [0.2, 0.25) is 0 Å². The maximum atomic E-state index is 13.5. The molecule has 0 saturated heterocycles. The van der Waals surface area contributed by atoms with Gasteiger partial charge in [0.25, 0.3) is 5.56 Å². The number of pyridine rings is 1. The van der Waals surface area contributed by atoms with E-state index >= 15 is 0 Å². The van der Waals surface area contributed by atoms with E-state index in [9.17, 15) is 4.79 Å². The zero-order valence-corrected chi connectivity index (χ0v) is 19.0. The summed E-state index contributed by atoms with van der Waals surface area (Å²) in [5.41, 5.74) is 4.59. The van der Waals surface area contributed by atoms with Gasteiger partial charge in [0.1, 0.15) is 6.04 Å². The number of hydrogen-bond acceptors (Lipinski definition) is 5. The first-order chi connectivity index (χ1) is 15.4. The summed E-state index contributed by atoms with van der Waals surface area (Å²) in [7, 11) is 0. The molecule has 5 rings (SSSR count). The van der Waals surface area contributed by atoms with E-state index in [4.69, 9.17) is 0 Å². The van der Waals surface area contributed by atoms with E-state index in [2.05, 4.69) is 64.4 Å². The number of nitrogens with one attached hydrogen (secondary N) is 1. The molecule has 7 heteroatoms. The first-order valence-corrected chi connectivity index (χ1v) is 11.2. The van der Waals surface area contributed by atoms with Crippen molar-refractivity contribution in [2.75, 3.05) is 11.4 Å². The van der Waals surface area contributed by atoms with Gasteiger partial charge in [-0.3, -0.25) is 4.79 Å². The number of fused-ring (bicyclic) bond motifs is 2. The van der Waals surface area contributed by atoms with Crippen LogP contribution in [0.3, 0.4) is 0 Å². The quantitative estimate of drug-likeness (QED) is 0.517. The Morgan fingerprint density at radius 3 is 2.78 bits per heavy atom. The predicted octanol–water partition coefficient (Wildman–Crippen LogP) is 4.12. The lowest BCUT2D eigenvalue weighted by molar-refractivity contribution is 0.287. The highest BCUT2D eigenvalue weighted by Gasteiger charge is 2.36. The van der Waals surface area contributed by atoms with Gasteiger partial charge in [0, 0.05) is 17.8 Å². The molecule has 1 aliphatic heterocycles. The van der Waals surface area contributed by atoms with E-state index < -0.39 is 6.04 Å². The molecule has 1 atom stereocenters. The molecule has 0 spiro atoms. The standard InChI is InChI=1S/C25H28N6O/c1-5-25(3,4)31-23(27-28-29-31)22(30-14-13-17-10-6-7-12-20(17)30)19-15-18-11-8-9-16(2)21(18)26-24(19)32/h6-12,15,22H,5,13-14H2,1-4H3,(H,26,32)/t22-/m1/s1. The van der Waals surface area contributed by atoms with Gasteiger partial charge in [-0.1, -0.05) is 43.3 Å². The van der Waals surface area contributed by atoms with Gasteiger partial charge in [0.15, 0.2) is 5.82 Å². The molecule has 0 radical (unpaired) electrons. The molecule has 164 valence electrons. The Balaban J connectivity index is 1.76. The average Bonchev–Trinajstić information content (AvgIpc) is 3.44. The number of anilines is 1.